The summed E-state index contributed by atoms with van der Waals surface area (Å²) in [4.78, 5) is 23.5. The van der Waals surface area contributed by atoms with Crippen molar-refractivity contribution in [1.29, 1.82) is 0 Å². The normalized spacial score (nSPS) is 21.2. The van der Waals surface area contributed by atoms with Gasteiger partial charge in [0.1, 0.15) is 5.54 Å². The number of hydrogen-bond donors (Lipinski definition) is 2. The molecular weight excluding hydrogens is 290 g/mol. The van der Waals surface area contributed by atoms with Gasteiger partial charge >= 0.3 is 5.97 Å². The van der Waals surface area contributed by atoms with Crippen molar-refractivity contribution in [2.75, 3.05) is 18.6 Å². The average Bonchev–Trinajstić information content (AvgIpc) is 2.89. The van der Waals surface area contributed by atoms with Gasteiger partial charge in [0.05, 0.1) is 13.0 Å². The van der Waals surface area contributed by atoms with Crippen molar-refractivity contribution in [3.63, 3.8) is 0 Å². The van der Waals surface area contributed by atoms with Crippen LogP contribution in [0.4, 0.5) is 0 Å². The van der Waals surface area contributed by atoms with Crippen molar-refractivity contribution in [1.82, 2.24) is 5.32 Å². The fourth-order valence-corrected chi connectivity index (χ4v) is 3.70. The minimum atomic E-state index is -1.11. The van der Waals surface area contributed by atoms with Gasteiger partial charge in [0.25, 0.3) is 0 Å². The van der Waals surface area contributed by atoms with E-state index in [1.807, 2.05) is 24.3 Å². The van der Waals surface area contributed by atoms with Gasteiger partial charge in [-0.2, -0.15) is 11.8 Å². The number of amides is 1. The number of thioether (sulfide) groups is 1. The summed E-state index contributed by atoms with van der Waals surface area (Å²) in [5.74, 6) is -0.0170. The van der Waals surface area contributed by atoms with Crippen LogP contribution in [0.25, 0.3) is 0 Å². The molecule has 0 aliphatic carbocycles. The molecule has 1 fully saturated rings. The highest BCUT2D eigenvalue weighted by molar-refractivity contribution is 7.99. The summed E-state index contributed by atoms with van der Waals surface area (Å²) in [5.41, 5.74) is 0.742. The highest BCUT2D eigenvalue weighted by Crippen LogP contribution is 2.28. The third-order valence-electron chi connectivity index (χ3n) is 3.48. The number of aliphatic carboxylic acids is 1. The van der Waals surface area contributed by atoms with Gasteiger partial charge in [0, 0.05) is 12.9 Å². The molecule has 1 amide bonds. The first-order valence-electron chi connectivity index (χ1n) is 6.75. The molecule has 1 aliphatic heterocycles. The van der Waals surface area contributed by atoms with Gasteiger partial charge in [-0.15, -0.1) is 0 Å². The van der Waals surface area contributed by atoms with Crippen LogP contribution in [-0.2, 0) is 27.4 Å². The first-order valence-corrected chi connectivity index (χ1v) is 7.90. The molecule has 0 aromatic heterocycles. The largest absolute Gasteiger partial charge is 0.479 e. The quantitative estimate of drug-likeness (QED) is 0.832. The number of carboxylic acids is 1. The molecule has 5 nitrogen and oxygen atoms in total. The Morgan fingerprint density at radius 2 is 2.19 bits per heavy atom. The number of ether oxygens (including phenoxy) is 1. The van der Waals surface area contributed by atoms with E-state index in [2.05, 4.69) is 5.32 Å². The van der Waals surface area contributed by atoms with Crippen molar-refractivity contribution >= 4 is 23.6 Å². The number of rotatable bonds is 6. The van der Waals surface area contributed by atoms with Gasteiger partial charge in [-0.25, -0.2) is 4.79 Å². The van der Waals surface area contributed by atoms with Crippen molar-refractivity contribution < 1.29 is 19.4 Å². The standard InChI is InChI=1S/C15H19NO4S/c1-20-9-12-4-2-3-11(7-12)8-13(17)16-15(14(18)19)5-6-21-10-15/h2-4,7H,5-6,8-10H2,1H3,(H,16,17)(H,18,19). The number of carboxylic acid groups (broad SMARTS) is 1. The number of carbonyl (C=O) groups is 2. The van der Waals surface area contributed by atoms with E-state index in [0.29, 0.717) is 18.8 Å². The predicted molar refractivity (Wildman–Crippen MR) is 81.3 cm³/mol. The molecule has 2 rings (SSSR count). The van der Waals surface area contributed by atoms with Gasteiger partial charge < -0.3 is 15.2 Å². The molecule has 1 aromatic rings. The molecule has 0 radical (unpaired) electrons. The highest BCUT2D eigenvalue weighted by atomic mass is 32.2. The van der Waals surface area contributed by atoms with Crippen molar-refractivity contribution in [2.45, 2.75) is 25.0 Å². The second-order valence-electron chi connectivity index (χ2n) is 5.17. The summed E-state index contributed by atoms with van der Waals surface area (Å²) in [6.07, 6.45) is 0.652. The SMILES string of the molecule is COCc1cccc(CC(=O)NC2(C(=O)O)CCSC2)c1. The number of methoxy groups -OCH3 is 1. The Labute approximate surface area is 128 Å². The Kier molecular flexibility index (Phi) is 5.25. The molecule has 0 saturated carbocycles. The number of nitrogens with one attached hydrogen (secondary N) is 1. The van der Waals surface area contributed by atoms with E-state index < -0.39 is 11.5 Å². The maximum absolute atomic E-state index is 12.1. The Balaban J connectivity index is 2.01. The van der Waals surface area contributed by atoms with Gasteiger partial charge in [-0.3, -0.25) is 4.79 Å². The van der Waals surface area contributed by atoms with E-state index in [9.17, 15) is 14.7 Å². The zero-order valence-corrected chi connectivity index (χ0v) is 12.7. The summed E-state index contributed by atoms with van der Waals surface area (Å²) < 4.78 is 5.06. The number of hydrogen-bond acceptors (Lipinski definition) is 4. The summed E-state index contributed by atoms with van der Waals surface area (Å²) in [6, 6.07) is 7.56. The third kappa shape index (κ3) is 3.98. The molecular formula is C15H19NO4S. The van der Waals surface area contributed by atoms with Crippen LogP contribution in [0.1, 0.15) is 17.5 Å². The van der Waals surface area contributed by atoms with Crippen LogP contribution in [0.15, 0.2) is 24.3 Å². The van der Waals surface area contributed by atoms with Crippen molar-refractivity contribution in [2.24, 2.45) is 0 Å². The number of carbonyl (C=O) groups excluding carboxylic acids is 1. The maximum atomic E-state index is 12.1. The Bertz CT molecular complexity index is 526. The van der Waals surface area contributed by atoms with E-state index in [1.54, 1.807) is 18.9 Å². The first kappa shape index (κ1) is 15.9. The van der Waals surface area contributed by atoms with Crippen LogP contribution in [0.3, 0.4) is 0 Å². The Hall–Kier alpha value is -1.53. The zero-order valence-electron chi connectivity index (χ0n) is 11.9. The van der Waals surface area contributed by atoms with Gasteiger partial charge in [0.15, 0.2) is 0 Å². The van der Waals surface area contributed by atoms with Crippen LogP contribution in [0, 0.1) is 0 Å². The Morgan fingerprint density at radius 1 is 1.43 bits per heavy atom. The van der Waals surface area contributed by atoms with Crippen LogP contribution < -0.4 is 5.32 Å². The van der Waals surface area contributed by atoms with Crippen LogP contribution in [0.5, 0.6) is 0 Å². The lowest BCUT2D eigenvalue weighted by atomic mass is 9.98. The predicted octanol–water partition coefficient (Wildman–Crippen LogP) is 1.45. The first-order chi connectivity index (χ1) is 10.1. The molecule has 1 aliphatic rings. The summed E-state index contributed by atoms with van der Waals surface area (Å²) in [6.45, 7) is 0.491. The molecule has 0 bridgehead atoms. The monoisotopic (exact) mass is 309 g/mol. The smallest absolute Gasteiger partial charge is 0.330 e. The second kappa shape index (κ2) is 6.95. The lowest BCUT2D eigenvalue weighted by Crippen LogP contribution is -2.55. The molecule has 1 saturated heterocycles. The molecule has 1 atom stereocenters. The summed E-state index contributed by atoms with van der Waals surface area (Å²) in [7, 11) is 1.62. The molecule has 2 N–H and O–H groups in total. The molecule has 114 valence electrons. The second-order valence-corrected chi connectivity index (χ2v) is 6.27. The third-order valence-corrected chi connectivity index (χ3v) is 4.67. The van der Waals surface area contributed by atoms with Gasteiger partial charge in [0.2, 0.25) is 5.91 Å². The van der Waals surface area contributed by atoms with Crippen molar-refractivity contribution in [3.8, 4) is 0 Å². The van der Waals surface area contributed by atoms with Crippen molar-refractivity contribution in [3.05, 3.63) is 35.4 Å². The van der Waals surface area contributed by atoms with Crippen LogP contribution in [0.2, 0.25) is 0 Å². The summed E-state index contributed by atoms with van der Waals surface area (Å²) >= 11 is 1.55. The van der Waals surface area contributed by atoms with Crippen LogP contribution in [-0.4, -0.2) is 41.1 Å². The Morgan fingerprint density at radius 3 is 2.81 bits per heavy atom. The zero-order chi connectivity index (χ0) is 15.3. The minimum Gasteiger partial charge on any atom is -0.479 e. The van der Waals surface area contributed by atoms with E-state index in [4.69, 9.17) is 4.74 Å². The molecule has 1 unspecified atom stereocenters. The van der Waals surface area contributed by atoms with Gasteiger partial charge in [-0.1, -0.05) is 24.3 Å². The minimum absolute atomic E-state index is 0.178. The highest BCUT2D eigenvalue weighted by Gasteiger charge is 2.43. The lowest BCUT2D eigenvalue weighted by molar-refractivity contribution is -0.146. The average molecular weight is 309 g/mol. The molecule has 1 aromatic carbocycles. The molecule has 6 heteroatoms. The van der Waals surface area contributed by atoms with E-state index in [-0.39, 0.29) is 12.3 Å². The maximum Gasteiger partial charge on any atom is 0.330 e. The van der Waals surface area contributed by atoms with E-state index in [1.165, 1.54) is 0 Å². The lowest BCUT2D eigenvalue weighted by Gasteiger charge is -2.24. The van der Waals surface area contributed by atoms with E-state index in [0.717, 1.165) is 16.9 Å². The van der Waals surface area contributed by atoms with Crippen LogP contribution >= 0.6 is 11.8 Å². The number of benzene rings is 1. The molecule has 21 heavy (non-hydrogen) atoms. The van der Waals surface area contributed by atoms with E-state index >= 15 is 0 Å². The van der Waals surface area contributed by atoms with Gasteiger partial charge in [-0.05, 0) is 23.3 Å². The molecule has 1 heterocycles. The fraction of sp³-hybridized carbons (Fsp3) is 0.467. The molecule has 0 spiro atoms. The topological polar surface area (TPSA) is 75.6 Å². The summed E-state index contributed by atoms with van der Waals surface area (Å²) in [5, 5.41) is 12.0. The fourth-order valence-electron chi connectivity index (χ4n) is 2.38.